The summed E-state index contributed by atoms with van der Waals surface area (Å²) in [5.41, 5.74) is 1.99. The van der Waals surface area contributed by atoms with Crippen molar-refractivity contribution in [2.24, 2.45) is 5.41 Å². The van der Waals surface area contributed by atoms with Crippen molar-refractivity contribution in [2.75, 3.05) is 13.6 Å². The van der Waals surface area contributed by atoms with Crippen molar-refractivity contribution in [1.29, 1.82) is 0 Å². The predicted octanol–water partition coefficient (Wildman–Crippen LogP) is 1.91. The molecule has 0 bridgehead atoms. The summed E-state index contributed by atoms with van der Waals surface area (Å²) < 4.78 is 2.38. The molecule has 0 fully saturated rings. The summed E-state index contributed by atoms with van der Waals surface area (Å²) in [7, 11) is 2.19. The van der Waals surface area contributed by atoms with Crippen molar-refractivity contribution in [3.63, 3.8) is 0 Å². The average molecular weight is 140 g/mol. The molecule has 1 heterocycles. The van der Waals surface area contributed by atoms with Gasteiger partial charge in [-0.3, -0.25) is 0 Å². The molecule has 1 heteroatoms. The second-order valence-corrected chi connectivity index (χ2v) is 3.99. The smallest absolute Gasteiger partial charge is 0.154 e. The highest BCUT2D eigenvalue weighted by molar-refractivity contribution is 5.82. The van der Waals surface area contributed by atoms with Crippen LogP contribution in [0.25, 0.3) is 0 Å². The second-order valence-electron chi connectivity index (χ2n) is 3.99. The predicted molar refractivity (Wildman–Crippen MR) is 44.7 cm³/mol. The van der Waals surface area contributed by atoms with E-state index in [2.05, 4.69) is 32.4 Å². The lowest BCUT2D eigenvalue weighted by Gasteiger charge is -2.26. The summed E-state index contributed by atoms with van der Waals surface area (Å²) in [5.74, 6) is 0. The van der Waals surface area contributed by atoms with Gasteiger partial charge in [0.05, 0.1) is 0 Å². The van der Waals surface area contributed by atoms with Gasteiger partial charge in [0.1, 0.15) is 13.6 Å². The molecule has 0 saturated heterocycles. The van der Waals surface area contributed by atoms with Gasteiger partial charge < -0.3 is 0 Å². The van der Waals surface area contributed by atoms with Crippen LogP contribution in [0, 0.1) is 5.41 Å². The Morgan fingerprint density at radius 2 is 2.00 bits per heavy atom. The first-order chi connectivity index (χ1) is 4.54. The number of hydrogen-bond acceptors (Lipinski definition) is 0. The zero-order valence-corrected chi connectivity index (χ0v) is 7.57. The largest absolute Gasteiger partial charge is 0.239 e. The Balaban J connectivity index is 2.89. The van der Waals surface area contributed by atoms with Gasteiger partial charge in [-0.15, -0.1) is 0 Å². The zero-order chi connectivity index (χ0) is 7.78. The van der Waals surface area contributed by atoms with Crippen LogP contribution in [0.15, 0.2) is 0 Å². The lowest BCUT2D eigenvalue weighted by atomic mass is 9.81. The lowest BCUT2D eigenvalue weighted by molar-refractivity contribution is -0.507. The molecule has 0 aromatic heterocycles. The first kappa shape index (κ1) is 7.77. The third-order valence-corrected chi connectivity index (χ3v) is 2.85. The van der Waals surface area contributed by atoms with Crippen LogP contribution in [0.5, 0.6) is 0 Å². The topological polar surface area (TPSA) is 3.01 Å². The minimum absolute atomic E-state index is 0.451. The van der Waals surface area contributed by atoms with E-state index in [1.165, 1.54) is 19.4 Å². The molecule has 58 valence electrons. The van der Waals surface area contributed by atoms with E-state index in [-0.39, 0.29) is 0 Å². The van der Waals surface area contributed by atoms with E-state index in [1.807, 2.05) is 0 Å². The Hall–Kier alpha value is -0.330. The van der Waals surface area contributed by atoms with Crippen molar-refractivity contribution >= 4 is 5.71 Å². The summed E-state index contributed by atoms with van der Waals surface area (Å²) in [6.45, 7) is 8.16. The Morgan fingerprint density at radius 3 is 2.40 bits per heavy atom. The number of hydrogen-bond donors (Lipinski definition) is 0. The molecule has 10 heavy (non-hydrogen) atoms. The molecule has 0 saturated carbocycles. The molecule has 1 aliphatic heterocycles. The van der Waals surface area contributed by atoms with Crippen molar-refractivity contribution in [2.45, 2.75) is 33.6 Å². The standard InChI is InChI=1S/C9H18N/c1-8-9(2,3)6-5-7-10(8)4/h5-7H2,1-4H3/q+1. The minimum Gasteiger partial charge on any atom is -0.239 e. The highest BCUT2D eigenvalue weighted by atomic mass is 15.0. The SMILES string of the molecule is CC1=[N+](C)CCCC1(C)C. The maximum atomic E-state index is 2.38. The van der Waals surface area contributed by atoms with Crippen molar-refractivity contribution < 1.29 is 4.58 Å². The van der Waals surface area contributed by atoms with Gasteiger partial charge in [0.25, 0.3) is 0 Å². The van der Waals surface area contributed by atoms with E-state index < -0.39 is 0 Å². The third kappa shape index (κ3) is 1.23. The van der Waals surface area contributed by atoms with Gasteiger partial charge >= 0.3 is 0 Å². The molecule has 1 aliphatic rings. The maximum absolute atomic E-state index is 2.38. The Kier molecular flexibility index (Phi) is 1.84. The van der Waals surface area contributed by atoms with Crippen LogP contribution >= 0.6 is 0 Å². The fourth-order valence-corrected chi connectivity index (χ4v) is 1.62. The molecule has 1 nitrogen and oxygen atoms in total. The first-order valence-corrected chi connectivity index (χ1v) is 4.09. The van der Waals surface area contributed by atoms with Crippen molar-refractivity contribution in [3.8, 4) is 0 Å². The van der Waals surface area contributed by atoms with E-state index >= 15 is 0 Å². The monoisotopic (exact) mass is 140 g/mol. The van der Waals surface area contributed by atoms with Crippen LogP contribution < -0.4 is 0 Å². The molecule has 1 rings (SSSR count). The van der Waals surface area contributed by atoms with Crippen LogP contribution in [-0.2, 0) is 0 Å². The molecule has 0 amide bonds. The summed E-state index contributed by atoms with van der Waals surface area (Å²) in [4.78, 5) is 0. The Bertz CT molecular complexity index is 166. The Labute approximate surface area is 63.8 Å². The Morgan fingerprint density at radius 1 is 1.40 bits per heavy atom. The highest BCUT2D eigenvalue weighted by Gasteiger charge is 2.31. The molecular weight excluding hydrogens is 122 g/mol. The molecule has 0 radical (unpaired) electrons. The van der Waals surface area contributed by atoms with Crippen LogP contribution in [0.1, 0.15) is 33.6 Å². The van der Waals surface area contributed by atoms with Gasteiger partial charge in [0.2, 0.25) is 0 Å². The van der Waals surface area contributed by atoms with E-state index in [1.54, 1.807) is 5.71 Å². The molecule has 0 unspecified atom stereocenters. The first-order valence-electron chi connectivity index (χ1n) is 4.09. The fourth-order valence-electron chi connectivity index (χ4n) is 1.62. The maximum Gasteiger partial charge on any atom is 0.154 e. The van der Waals surface area contributed by atoms with Gasteiger partial charge in [0, 0.05) is 18.8 Å². The number of rotatable bonds is 0. The fraction of sp³-hybridized carbons (Fsp3) is 0.889. The van der Waals surface area contributed by atoms with E-state index in [0.717, 1.165) is 0 Å². The number of nitrogens with zero attached hydrogens (tertiary/aromatic N) is 1. The molecule has 0 aromatic carbocycles. The molecule has 0 spiro atoms. The summed E-state index contributed by atoms with van der Waals surface area (Å²) in [6.07, 6.45) is 2.70. The molecule has 0 atom stereocenters. The van der Waals surface area contributed by atoms with Crippen LogP contribution in [0.3, 0.4) is 0 Å². The van der Waals surface area contributed by atoms with E-state index in [4.69, 9.17) is 0 Å². The van der Waals surface area contributed by atoms with Crippen LogP contribution in [0.2, 0.25) is 0 Å². The van der Waals surface area contributed by atoms with E-state index in [9.17, 15) is 0 Å². The summed E-state index contributed by atoms with van der Waals surface area (Å²) >= 11 is 0. The molecular formula is C9H18N+. The van der Waals surface area contributed by atoms with Gasteiger partial charge in [-0.1, -0.05) is 13.8 Å². The molecule has 0 N–H and O–H groups in total. The summed E-state index contributed by atoms with van der Waals surface area (Å²) in [6, 6.07) is 0. The van der Waals surface area contributed by atoms with Gasteiger partial charge in [0.15, 0.2) is 5.71 Å². The van der Waals surface area contributed by atoms with Crippen molar-refractivity contribution in [3.05, 3.63) is 0 Å². The molecule has 0 aliphatic carbocycles. The highest BCUT2D eigenvalue weighted by Crippen LogP contribution is 2.26. The molecule has 0 aromatic rings. The quantitative estimate of drug-likeness (QED) is 0.452. The minimum atomic E-state index is 0.451. The second kappa shape index (κ2) is 2.37. The zero-order valence-electron chi connectivity index (χ0n) is 7.57. The van der Waals surface area contributed by atoms with Gasteiger partial charge in [-0.25, -0.2) is 4.58 Å². The normalized spacial score (nSPS) is 25.2. The van der Waals surface area contributed by atoms with Crippen molar-refractivity contribution in [1.82, 2.24) is 0 Å². The summed E-state index contributed by atoms with van der Waals surface area (Å²) in [5, 5.41) is 0. The van der Waals surface area contributed by atoms with E-state index in [0.29, 0.717) is 5.41 Å². The third-order valence-electron chi connectivity index (χ3n) is 2.85. The van der Waals surface area contributed by atoms with Gasteiger partial charge in [-0.05, 0) is 6.42 Å². The lowest BCUT2D eigenvalue weighted by Crippen LogP contribution is -2.35. The van der Waals surface area contributed by atoms with Gasteiger partial charge in [-0.2, -0.15) is 0 Å². The average Bonchev–Trinajstić information content (AvgIpc) is 1.83. The van der Waals surface area contributed by atoms with Crippen LogP contribution in [-0.4, -0.2) is 23.9 Å². The van der Waals surface area contributed by atoms with Crippen LogP contribution in [0.4, 0.5) is 0 Å².